The Kier molecular flexibility index (Phi) is 4.33. The number of aryl methyl sites for hydroxylation is 1. The van der Waals surface area contributed by atoms with Crippen molar-refractivity contribution in [3.05, 3.63) is 79.3 Å². The van der Waals surface area contributed by atoms with Gasteiger partial charge in [0.15, 0.2) is 5.78 Å². The maximum Gasteiger partial charge on any atom is 0.273 e. The van der Waals surface area contributed by atoms with Gasteiger partial charge in [0.2, 0.25) is 0 Å². The van der Waals surface area contributed by atoms with E-state index in [1.807, 2.05) is 0 Å². The number of ketones is 1. The summed E-state index contributed by atoms with van der Waals surface area (Å²) in [4.78, 5) is 39.5. The number of Topliss-reactive ketones (excluding diaryl/α,β-unsaturated/α-hetero) is 1. The van der Waals surface area contributed by atoms with Crippen molar-refractivity contribution in [2.45, 2.75) is 13.5 Å². The molecule has 0 bridgehead atoms. The standard InChI is InChI=1S/C17H12ClN3O4/c1-10-2-3-11(6-15(10)21(24)25)16(22)8-20-9-19-14-5-4-12(18)7-13(14)17(20)23/h2-7,9H,8H2,1H3. The first-order valence-corrected chi connectivity index (χ1v) is 7.67. The van der Waals surface area contributed by atoms with E-state index in [1.54, 1.807) is 19.1 Å². The lowest BCUT2D eigenvalue weighted by Crippen LogP contribution is -2.24. The smallest absolute Gasteiger partial charge is 0.273 e. The van der Waals surface area contributed by atoms with Crippen LogP contribution in [0.1, 0.15) is 15.9 Å². The molecule has 0 saturated heterocycles. The van der Waals surface area contributed by atoms with Crippen molar-refractivity contribution in [1.29, 1.82) is 0 Å². The van der Waals surface area contributed by atoms with Crippen molar-refractivity contribution >= 4 is 34.0 Å². The fraction of sp³-hybridized carbons (Fsp3) is 0.118. The first-order chi connectivity index (χ1) is 11.9. The number of benzene rings is 2. The summed E-state index contributed by atoms with van der Waals surface area (Å²) < 4.78 is 1.16. The molecule has 0 aliphatic heterocycles. The van der Waals surface area contributed by atoms with Crippen LogP contribution in [-0.4, -0.2) is 20.3 Å². The minimum atomic E-state index is -0.544. The number of nitro groups is 1. The lowest BCUT2D eigenvalue weighted by molar-refractivity contribution is -0.385. The largest absolute Gasteiger partial charge is 0.292 e. The minimum absolute atomic E-state index is 0.137. The summed E-state index contributed by atoms with van der Waals surface area (Å²) in [5.74, 6) is -0.423. The lowest BCUT2D eigenvalue weighted by atomic mass is 10.1. The number of carbonyl (C=O) groups is 1. The first kappa shape index (κ1) is 16.8. The number of carbonyl (C=O) groups excluding carboxylic acids is 1. The Balaban J connectivity index is 1.97. The molecule has 126 valence electrons. The van der Waals surface area contributed by atoms with Gasteiger partial charge < -0.3 is 0 Å². The summed E-state index contributed by atoms with van der Waals surface area (Å²) in [5, 5.41) is 11.7. The second-order valence-corrected chi connectivity index (χ2v) is 5.96. The molecule has 0 fully saturated rings. The third-order valence-electron chi connectivity index (χ3n) is 3.83. The molecule has 0 radical (unpaired) electrons. The summed E-state index contributed by atoms with van der Waals surface area (Å²) >= 11 is 5.90. The zero-order valence-electron chi connectivity index (χ0n) is 13.1. The average molecular weight is 358 g/mol. The van der Waals surface area contributed by atoms with E-state index < -0.39 is 16.3 Å². The first-order valence-electron chi connectivity index (χ1n) is 7.30. The van der Waals surface area contributed by atoms with Crippen LogP contribution in [0.4, 0.5) is 5.69 Å². The van der Waals surface area contributed by atoms with Gasteiger partial charge in [-0.2, -0.15) is 0 Å². The van der Waals surface area contributed by atoms with Crippen LogP contribution in [0.25, 0.3) is 10.9 Å². The molecule has 1 heterocycles. The van der Waals surface area contributed by atoms with Crippen LogP contribution in [0.5, 0.6) is 0 Å². The molecule has 3 aromatic rings. The summed E-state index contributed by atoms with van der Waals surface area (Å²) in [7, 11) is 0. The van der Waals surface area contributed by atoms with Crippen LogP contribution in [0, 0.1) is 17.0 Å². The highest BCUT2D eigenvalue weighted by molar-refractivity contribution is 6.31. The van der Waals surface area contributed by atoms with Crippen LogP contribution >= 0.6 is 11.6 Å². The van der Waals surface area contributed by atoms with E-state index in [2.05, 4.69) is 4.98 Å². The molecule has 25 heavy (non-hydrogen) atoms. The van der Waals surface area contributed by atoms with Crippen LogP contribution in [0.15, 0.2) is 47.5 Å². The van der Waals surface area contributed by atoms with Gasteiger partial charge >= 0.3 is 0 Å². The van der Waals surface area contributed by atoms with E-state index in [0.29, 0.717) is 21.5 Å². The Morgan fingerprint density at radius 1 is 1.28 bits per heavy atom. The van der Waals surface area contributed by atoms with Gasteiger partial charge in [0.25, 0.3) is 11.2 Å². The number of nitrogens with zero attached hydrogens (tertiary/aromatic N) is 3. The van der Waals surface area contributed by atoms with E-state index in [9.17, 15) is 19.7 Å². The fourth-order valence-electron chi connectivity index (χ4n) is 2.47. The van der Waals surface area contributed by atoms with Gasteiger partial charge in [-0.15, -0.1) is 0 Å². The zero-order valence-corrected chi connectivity index (χ0v) is 13.9. The molecule has 0 atom stereocenters. The number of rotatable bonds is 4. The Labute approximate surface area is 146 Å². The van der Waals surface area contributed by atoms with E-state index in [0.717, 1.165) is 4.57 Å². The summed E-state index contributed by atoms with van der Waals surface area (Å²) in [6.45, 7) is 1.32. The van der Waals surface area contributed by atoms with Crippen molar-refractivity contribution in [2.75, 3.05) is 0 Å². The summed E-state index contributed by atoms with van der Waals surface area (Å²) in [6.07, 6.45) is 1.28. The van der Waals surface area contributed by atoms with Crippen LogP contribution in [-0.2, 0) is 6.54 Å². The van der Waals surface area contributed by atoms with Gasteiger partial charge in [0, 0.05) is 22.2 Å². The Morgan fingerprint density at radius 2 is 2.04 bits per heavy atom. The molecule has 0 amide bonds. The average Bonchev–Trinajstić information content (AvgIpc) is 2.58. The molecule has 0 aliphatic rings. The molecule has 0 aliphatic carbocycles. The predicted molar refractivity (Wildman–Crippen MR) is 93.2 cm³/mol. The molecule has 0 unspecified atom stereocenters. The second-order valence-electron chi connectivity index (χ2n) is 5.52. The van der Waals surface area contributed by atoms with Gasteiger partial charge in [0.05, 0.1) is 28.7 Å². The third kappa shape index (κ3) is 3.27. The van der Waals surface area contributed by atoms with Gasteiger partial charge in [-0.1, -0.05) is 23.7 Å². The monoisotopic (exact) mass is 357 g/mol. The number of aromatic nitrogens is 2. The highest BCUT2D eigenvalue weighted by Crippen LogP contribution is 2.20. The van der Waals surface area contributed by atoms with E-state index in [4.69, 9.17) is 11.6 Å². The highest BCUT2D eigenvalue weighted by atomic mass is 35.5. The van der Waals surface area contributed by atoms with Crippen molar-refractivity contribution in [3.63, 3.8) is 0 Å². The number of nitro benzene ring substituents is 1. The molecule has 7 nitrogen and oxygen atoms in total. The molecule has 0 N–H and O–H groups in total. The fourth-order valence-corrected chi connectivity index (χ4v) is 2.64. The van der Waals surface area contributed by atoms with Crippen LogP contribution in [0.2, 0.25) is 5.02 Å². The van der Waals surface area contributed by atoms with Crippen LogP contribution in [0.3, 0.4) is 0 Å². The molecular weight excluding hydrogens is 346 g/mol. The maximum absolute atomic E-state index is 12.5. The zero-order chi connectivity index (χ0) is 18.1. The van der Waals surface area contributed by atoms with Crippen molar-refractivity contribution in [1.82, 2.24) is 9.55 Å². The number of hydrogen-bond donors (Lipinski definition) is 0. The molecule has 0 saturated carbocycles. The highest BCUT2D eigenvalue weighted by Gasteiger charge is 2.16. The molecule has 0 spiro atoms. The normalized spacial score (nSPS) is 10.8. The maximum atomic E-state index is 12.5. The van der Waals surface area contributed by atoms with E-state index in [-0.39, 0.29) is 17.8 Å². The van der Waals surface area contributed by atoms with Crippen molar-refractivity contribution in [2.24, 2.45) is 0 Å². The number of fused-ring (bicyclic) bond motifs is 1. The Bertz CT molecular complexity index is 1080. The Morgan fingerprint density at radius 3 is 2.76 bits per heavy atom. The van der Waals surface area contributed by atoms with Gasteiger partial charge in [-0.05, 0) is 25.1 Å². The lowest BCUT2D eigenvalue weighted by Gasteiger charge is -2.07. The van der Waals surface area contributed by atoms with Crippen molar-refractivity contribution < 1.29 is 9.72 Å². The predicted octanol–water partition coefficient (Wildman–Crippen LogP) is 3.15. The quantitative estimate of drug-likeness (QED) is 0.406. The van der Waals surface area contributed by atoms with E-state index in [1.165, 1.54) is 30.6 Å². The molecule has 3 rings (SSSR count). The molecule has 8 heteroatoms. The minimum Gasteiger partial charge on any atom is -0.292 e. The molecule has 1 aromatic heterocycles. The Hall–Kier alpha value is -3.06. The number of halogens is 1. The topological polar surface area (TPSA) is 95.1 Å². The van der Waals surface area contributed by atoms with Gasteiger partial charge in [-0.3, -0.25) is 24.3 Å². The molecule has 2 aromatic carbocycles. The van der Waals surface area contributed by atoms with Gasteiger partial charge in [0.1, 0.15) is 0 Å². The van der Waals surface area contributed by atoms with Crippen LogP contribution < -0.4 is 5.56 Å². The summed E-state index contributed by atoms with van der Waals surface area (Å²) in [5.41, 5.74) is 0.560. The third-order valence-corrected chi connectivity index (χ3v) is 4.06. The van der Waals surface area contributed by atoms with Crippen molar-refractivity contribution in [3.8, 4) is 0 Å². The van der Waals surface area contributed by atoms with Gasteiger partial charge in [-0.25, -0.2) is 4.98 Å². The molecular formula is C17H12ClN3O4. The summed E-state index contributed by atoms with van der Waals surface area (Å²) in [6, 6.07) is 8.96. The number of hydrogen-bond acceptors (Lipinski definition) is 5. The van der Waals surface area contributed by atoms with E-state index >= 15 is 0 Å². The SMILES string of the molecule is Cc1ccc(C(=O)Cn2cnc3ccc(Cl)cc3c2=O)cc1[N+](=O)[O-]. The second kappa shape index (κ2) is 6.45.